The lowest BCUT2D eigenvalue weighted by atomic mass is 9.86. The van der Waals surface area contributed by atoms with Crippen LogP contribution in [0, 0.1) is 0 Å². The quantitative estimate of drug-likeness (QED) is 0.807. The van der Waals surface area contributed by atoms with E-state index < -0.39 is 0 Å². The summed E-state index contributed by atoms with van der Waals surface area (Å²) in [5, 5.41) is 0. The molecule has 0 atom stereocenters. The topological polar surface area (TPSA) is 42.1 Å². The van der Waals surface area contributed by atoms with Gasteiger partial charge in [0.05, 0.1) is 0 Å². The summed E-state index contributed by atoms with van der Waals surface area (Å²) < 4.78 is 0. The summed E-state index contributed by atoms with van der Waals surface area (Å²) in [5.74, 6) is 0. The van der Waals surface area contributed by atoms with E-state index in [1.165, 1.54) is 12.0 Å². The van der Waals surface area contributed by atoms with Crippen LogP contribution in [0.1, 0.15) is 25.3 Å². The van der Waals surface area contributed by atoms with Crippen molar-refractivity contribution in [3.05, 3.63) is 30.1 Å². The van der Waals surface area contributed by atoms with Crippen LogP contribution in [0.5, 0.6) is 0 Å². The molecule has 1 fully saturated rings. The molecule has 1 aromatic rings. The number of aromatic nitrogens is 1. The Morgan fingerprint density at radius 1 is 1.53 bits per heavy atom. The molecule has 3 nitrogen and oxygen atoms in total. The molecule has 1 saturated heterocycles. The Balaban J connectivity index is 1.81. The fraction of sp³-hybridized carbons (Fsp3) is 0.583. The molecule has 0 saturated carbocycles. The summed E-state index contributed by atoms with van der Waals surface area (Å²) >= 11 is 0. The maximum absolute atomic E-state index is 6.20. The van der Waals surface area contributed by atoms with Crippen LogP contribution in [0.4, 0.5) is 0 Å². The third-order valence-electron chi connectivity index (χ3n) is 2.95. The van der Waals surface area contributed by atoms with Crippen LogP contribution < -0.4 is 5.73 Å². The Hall–Kier alpha value is -0.930. The van der Waals surface area contributed by atoms with E-state index >= 15 is 0 Å². The summed E-state index contributed by atoms with van der Waals surface area (Å²) in [5.41, 5.74) is 7.55. The fourth-order valence-electron chi connectivity index (χ4n) is 2.36. The molecule has 2 heterocycles. The number of likely N-dealkylation sites (tertiary alicyclic amines) is 1. The SMILES string of the molecule is CCCC1(N)CN(Cc2cccnc2)C1. The minimum absolute atomic E-state index is 0.0803. The summed E-state index contributed by atoms with van der Waals surface area (Å²) in [7, 11) is 0. The first-order chi connectivity index (χ1) is 7.22. The van der Waals surface area contributed by atoms with Crippen LogP contribution in [0.2, 0.25) is 0 Å². The van der Waals surface area contributed by atoms with Gasteiger partial charge in [-0.25, -0.2) is 0 Å². The highest BCUT2D eigenvalue weighted by Crippen LogP contribution is 2.24. The minimum atomic E-state index is 0.0803. The maximum atomic E-state index is 6.20. The molecule has 2 N–H and O–H groups in total. The Labute approximate surface area is 91.3 Å². The smallest absolute Gasteiger partial charge is 0.0412 e. The molecule has 0 amide bonds. The largest absolute Gasteiger partial charge is 0.323 e. The molecular formula is C12H19N3. The Bertz CT molecular complexity index is 304. The van der Waals surface area contributed by atoms with Crippen molar-refractivity contribution in [1.29, 1.82) is 0 Å². The summed E-state index contributed by atoms with van der Waals surface area (Å²) in [6, 6.07) is 4.10. The second kappa shape index (κ2) is 4.29. The van der Waals surface area contributed by atoms with Crippen LogP contribution in [0.15, 0.2) is 24.5 Å². The number of nitrogens with zero attached hydrogens (tertiary/aromatic N) is 2. The van der Waals surface area contributed by atoms with Crippen molar-refractivity contribution in [3.8, 4) is 0 Å². The molecular weight excluding hydrogens is 186 g/mol. The van der Waals surface area contributed by atoms with E-state index in [0.29, 0.717) is 0 Å². The van der Waals surface area contributed by atoms with E-state index in [0.717, 1.165) is 26.1 Å². The van der Waals surface area contributed by atoms with Crippen molar-refractivity contribution in [2.45, 2.75) is 31.8 Å². The van der Waals surface area contributed by atoms with Crippen LogP contribution in [-0.4, -0.2) is 28.5 Å². The first-order valence-corrected chi connectivity index (χ1v) is 5.62. The van der Waals surface area contributed by atoms with Gasteiger partial charge in [-0.15, -0.1) is 0 Å². The maximum Gasteiger partial charge on any atom is 0.0412 e. The van der Waals surface area contributed by atoms with Crippen molar-refractivity contribution < 1.29 is 0 Å². The summed E-state index contributed by atoms with van der Waals surface area (Å²) in [6.45, 7) is 5.22. The predicted octanol–water partition coefficient (Wildman–Crippen LogP) is 1.39. The molecule has 15 heavy (non-hydrogen) atoms. The third kappa shape index (κ3) is 2.55. The van der Waals surface area contributed by atoms with Gasteiger partial charge in [0, 0.05) is 37.6 Å². The molecule has 2 rings (SSSR count). The van der Waals surface area contributed by atoms with Gasteiger partial charge in [0.15, 0.2) is 0 Å². The molecule has 0 aliphatic carbocycles. The van der Waals surface area contributed by atoms with E-state index in [1.54, 1.807) is 0 Å². The average Bonchev–Trinajstić information content (AvgIpc) is 2.17. The fourth-order valence-corrected chi connectivity index (χ4v) is 2.36. The van der Waals surface area contributed by atoms with Gasteiger partial charge in [0.1, 0.15) is 0 Å². The van der Waals surface area contributed by atoms with E-state index in [2.05, 4.69) is 22.9 Å². The molecule has 1 aliphatic rings. The molecule has 0 bridgehead atoms. The van der Waals surface area contributed by atoms with Gasteiger partial charge in [-0.1, -0.05) is 19.4 Å². The molecule has 0 unspecified atom stereocenters. The zero-order valence-corrected chi connectivity index (χ0v) is 9.32. The second-order valence-electron chi connectivity index (χ2n) is 4.62. The number of hydrogen-bond acceptors (Lipinski definition) is 3. The van der Waals surface area contributed by atoms with Crippen molar-refractivity contribution >= 4 is 0 Å². The van der Waals surface area contributed by atoms with Crippen molar-refractivity contribution in [2.24, 2.45) is 5.73 Å². The molecule has 82 valence electrons. The Morgan fingerprint density at radius 2 is 2.33 bits per heavy atom. The summed E-state index contributed by atoms with van der Waals surface area (Å²) in [6.07, 6.45) is 6.05. The molecule has 1 aromatic heterocycles. The highest BCUT2D eigenvalue weighted by molar-refractivity contribution is 5.10. The number of nitrogens with two attached hydrogens (primary N) is 1. The monoisotopic (exact) mass is 205 g/mol. The minimum Gasteiger partial charge on any atom is -0.323 e. The molecule has 0 spiro atoms. The predicted molar refractivity (Wildman–Crippen MR) is 61.3 cm³/mol. The van der Waals surface area contributed by atoms with Gasteiger partial charge < -0.3 is 5.73 Å². The normalized spacial score (nSPS) is 19.9. The lowest BCUT2D eigenvalue weighted by molar-refractivity contribution is 0.0566. The van der Waals surface area contributed by atoms with Gasteiger partial charge in [-0.2, -0.15) is 0 Å². The van der Waals surface area contributed by atoms with Crippen LogP contribution >= 0.6 is 0 Å². The van der Waals surface area contributed by atoms with Crippen LogP contribution in [0.3, 0.4) is 0 Å². The lowest BCUT2D eigenvalue weighted by Crippen LogP contribution is -2.66. The van der Waals surface area contributed by atoms with Gasteiger partial charge in [-0.3, -0.25) is 9.88 Å². The van der Waals surface area contributed by atoms with Gasteiger partial charge in [0.2, 0.25) is 0 Å². The van der Waals surface area contributed by atoms with Crippen molar-refractivity contribution in [1.82, 2.24) is 9.88 Å². The molecule has 0 radical (unpaired) electrons. The van der Waals surface area contributed by atoms with Gasteiger partial charge >= 0.3 is 0 Å². The highest BCUT2D eigenvalue weighted by atomic mass is 15.2. The number of hydrogen-bond donors (Lipinski definition) is 1. The number of pyridine rings is 1. The molecule has 1 aliphatic heterocycles. The lowest BCUT2D eigenvalue weighted by Gasteiger charge is -2.48. The van der Waals surface area contributed by atoms with Crippen molar-refractivity contribution in [2.75, 3.05) is 13.1 Å². The van der Waals surface area contributed by atoms with Crippen molar-refractivity contribution in [3.63, 3.8) is 0 Å². The van der Waals surface area contributed by atoms with E-state index in [9.17, 15) is 0 Å². The zero-order chi connectivity index (χ0) is 10.7. The first-order valence-electron chi connectivity index (χ1n) is 5.62. The highest BCUT2D eigenvalue weighted by Gasteiger charge is 2.37. The van der Waals surface area contributed by atoms with Gasteiger partial charge in [0.25, 0.3) is 0 Å². The van der Waals surface area contributed by atoms with Crippen LogP contribution in [-0.2, 0) is 6.54 Å². The molecule has 3 heteroatoms. The van der Waals surface area contributed by atoms with E-state index in [4.69, 9.17) is 5.73 Å². The van der Waals surface area contributed by atoms with E-state index in [-0.39, 0.29) is 5.54 Å². The second-order valence-corrected chi connectivity index (χ2v) is 4.62. The average molecular weight is 205 g/mol. The summed E-state index contributed by atoms with van der Waals surface area (Å²) in [4.78, 5) is 6.49. The van der Waals surface area contributed by atoms with Gasteiger partial charge in [-0.05, 0) is 18.1 Å². The number of rotatable bonds is 4. The standard InChI is InChI=1S/C12H19N3/c1-2-5-12(13)9-15(10-12)8-11-4-3-6-14-7-11/h3-4,6-7H,2,5,8-10,13H2,1H3. The Morgan fingerprint density at radius 3 is 2.93 bits per heavy atom. The van der Waals surface area contributed by atoms with Crippen LogP contribution in [0.25, 0.3) is 0 Å². The zero-order valence-electron chi connectivity index (χ0n) is 9.32. The van der Waals surface area contributed by atoms with E-state index in [1.807, 2.05) is 18.5 Å². The molecule has 0 aromatic carbocycles. The third-order valence-corrected chi connectivity index (χ3v) is 2.95. The first kappa shape index (κ1) is 10.6. The Kier molecular flexibility index (Phi) is 3.03.